The Labute approximate surface area is 67.8 Å². The normalized spacial score (nSPS) is 10.3. The van der Waals surface area contributed by atoms with Crippen LogP contribution in [0.1, 0.15) is 5.69 Å². The molecule has 1 aromatic heterocycles. The third kappa shape index (κ3) is 2.82. The van der Waals surface area contributed by atoms with E-state index >= 15 is 0 Å². The number of rotatable bonds is 4. The van der Waals surface area contributed by atoms with Crippen LogP contribution in [0, 0.1) is 0 Å². The zero-order chi connectivity index (χ0) is 8.81. The van der Waals surface area contributed by atoms with Gasteiger partial charge in [0.15, 0.2) is 0 Å². The molecule has 0 aromatic carbocycles. The van der Waals surface area contributed by atoms with Crippen molar-refractivity contribution in [3.63, 3.8) is 0 Å². The molecule has 1 heterocycles. The molecule has 0 aliphatic rings. The van der Waals surface area contributed by atoms with Crippen molar-refractivity contribution in [1.29, 1.82) is 0 Å². The maximum atomic E-state index is 9.94. The van der Waals surface area contributed by atoms with Gasteiger partial charge in [-0.1, -0.05) is 5.16 Å². The Balaban J connectivity index is 2.27. The van der Waals surface area contributed by atoms with Crippen LogP contribution in [0.15, 0.2) is 17.4 Å². The lowest BCUT2D eigenvalue weighted by molar-refractivity contribution is -0.142. The molecule has 1 rings (SSSR count). The number of carbonyl (C=O) groups is 1. The average molecular weight is 169 g/mol. The van der Waals surface area contributed by atoms with Gasteiger partial charge in [-0.2, -0.15) is 5.10 Å². The number of hydrogen-bond acceptors (Lipinski definition) is 4. The zero-order valence-electron chi connectivity index (χ0n) is 6.10. The first-order chi connectivity index (χ1) is 5.79. The van der Waals surface area contributed by atoms with Crippen LogP contribution in [0.5, 0.6) is 0 Å². The topological polar surface area (TPSA) is 87.6 Å². The number of aliphatic carboxylic acids is 1. The van der Waals surface area contributed by atoms with E-state index in [2.05, 4.69) is 20.2 Å². The molecule has 1 aromatic rings. The van der Waals surface area contributed by atoms with Gasteiger partial charge in [-0.15, -0.1) is 0 Å². The number of aromatic amines is 1. The van der Waals surface area contributed by atoms with Gasteiger partial charge in [0.1, 0.15) is 0 Å². The molecule has 0 bridgehead atoms. The third-order valence-electron chi connectivity index (χ3n) is 0.977. The summed E-state index contributed by atoms with van der Waals surface area (Å²) in [7, 11) is 0. The van der Waals surface area contributed by atoms with Crippen molar-refractivity contribution >= 4 is 12.2 Å². The van der Waals surface area contributed by atoms with E-state index < -0.39 is 12.6 Å². The molecule has 0 unspecified atom stereocenters. The predicted molar refractivity (Wildman–Crippen MR) is 39.8 cm³/mol. The van der Waals surface area contributed by atoms with Crippen LogP contribution >= 0.6 is 0 Å². The summed E-state index contributed by atoms with van der Waals surface area (Å²) in [6.07, 6.45) is 2.90. The summed E-state index contributed by atoms with van der Waals surface area (Å²) in [4.78, 5) is 14.3. The van der Waals surface area contributed by atoms with E-state index in [-0.39, 0.29) is 0 Å². The minimum atomic E-state index is -1.06. The second-order valence-corrected chi connectivity index (χ2v) is 1.91. The minimum Gasteiger partial charge on any atom is -0.479 e. The highest BCUT2D eigenvalue weighted by molar-refractivity contribution is 5.76. The van der Waals surface area contributed by atoms with Crippen LogP contribution < -0.4 is 0 Å². The fourth-order valence-corrected chi connectivity index (χ4v) is 0.525. The van der Waals surface area contributed by atoms with Gasteiger partial charge in [-0.05, 0) is 6.07 Å². The summed E-state index contributed by atoms with van der Waals surface area (Å²) in [6, 6.07) is 1.67. The minimum absolute atomic E-state index is 0.440. The molecular formula is C6H7N3O3. The van der Waals surface area contributed by atoms with Crippen molar-refractivity contribution in [2.24, 2.45) is 5.16 Å². The maximum absolute atomic E-state index is 9.94. The second kappa shape index (κ2) is 4.12. The van der Waals surface area contributed by atoms with E-state index in [1.54, 1.807) is 12.3 Å². The SMILES string of the molecule is O=C(O)CO/N=C/c1ccn[nH]1. The van der Waals surface area contributed by atoms with Gasteiger partial charge in [-0.25, -0.2) is 4.79 Å². The van der Waals surface area contributed by atoms with E-state index in [1.807, 2.05) is 0 Å². The molecular weight excluding hydrogens is 162 g/mol. The van der Waals surface area contributed by atoms with Crippen LogP contribution in [0.4, 0.5) is 0 Å². The molecule has 0 aliphatic heterocycles. The van der Waals surface area contributed by atoms with Crippen LogP contribution in [-0.4, -0.2) is 34.1 Å². The molecule has 0 radical (unpaired) electrons. The molecule has 6 heteroatoms. The smallest absolute Gasteiger partial charge is 0.344 e. The molecule has 2 N–H and O–H groups in total. The fraction of sp³-hybridized carbons (Fsp3) is 0.167. The average Bonchev–Trinajstić information content (AvgIpc) is 2.49. The van der Waals surface area contributed by atoms with Crippen LogP contribution in [-0.2, 0) is 9.63 Å². The Morgan fingerprint density at radius 2 is 2.75 bits per heavy atom. The third-order valence-corrected chi connectivity index (χ3v) is 0.977. The fourth-order valence-electron chi connectivity index (χ4n) is 0.525. The van der Waals surface area contributed by atoms with E-state index in [4.69, 9.17) is 5.11 Å². The molecule has 0 aliphatic carbocycles. The lowest BCUT2D eigenvalue weighted by Gasteiger charge is -1.90. The highest BCUT2D eigenvalue weighted by atomic mass is 16.6. The van der Waals surface area contributed by atoms with Crippen molar-refractivity contribution in [2.45, 2.75) is 0 Å². The van der Waals surface area contributed by atoms with Crippen LogP contribution in [0.3, 0.4) is 0 Å². The largest absolute Gasteiger partial charge is 0.479 e. The van der Waals surface area contributed by atoms with Crippen molar-refractivity contribution < 1.29 is 14.7 Å². The van der Waals surface area contributed by atoms with Crippen LogP contribution in [0.2, 0.25) is 0 Å². The first-order valence-corrected chi connectivity index (χ1v) is 3.15. The standard InChI is InChI=1S/C6H7N3O3/c10-6(11)4-12-8-3-5-1-2-7-9-5/h1-3H,4H2,(H,7,9)(H,10,11)/b8-3+. The molecule has 0 spiro atoms. The predicted octanol–water partition coefficient (Wildman–Crippen LogP) is -0.155. The Kier molecular flexibility index (Phi) is 2.83. The Morgan fingerprint density at radius 1 is 1.92 bits per heavy atom. The Bertz CT molecular complexity index is 268. The number of aromatic nitrogens is 2. The van der Waals surface area contributed by atoms with Gasteiger partial charge < -0.3 is 9.94 Å². The highest BCUT2D eigenvalue weighted by Gasteiger charge is 1.93. The number of carboxylic acid groups (broad SMARTS) is 1. The number of hydrogen-bond donors (Lipinski definition) is 2. The molecule has 12 heavy (non-hydrogen) atoms. The van der Waals surface area contributed by atoms with E-state index in [0.29, 0.717) is 5.69 Å². The Hall–Kier alpha value is -1.85. The second-order valence-electron chi connectivity index (χ2n) is 1.91. The van der Waals surface area contributed by atoms with Crippen molar-refractivity contribution in [2.75, 3.05) is 6.61 Å². The van der Waals surface area contributed by atoms with Crippen molar-refractivity contribution in [3.8, 4) is 0 Å². The molecule has 0 atom stereocenters. The molecule has 0 saturated carbocycles. The summed E-state index contributed by atoms with van der Waals surface area (Å²) in [5.41, 5.74) is 0.653. The summed E-state index contributed by atoms with van der Waals surface area (Å²) >= 11 is 0. The summed E-state index contributed by atoms with van der Waals surface area (Å²) in [6.45, 7) is -0.440. The number of carboxylic acids is 1. The van der Waals surface area contributed by atoms with Gasteiger partial charge in [-0.3, -0.25) is 5.10 Å². The van der Waals surface area contributed by atoms with Gasteiger partial charge >= 0.3 is 5.97 Å². The summed E-state index contributed by atoms with van der Waals surface area (Å²) in [5, 5.41) is 17.8. The van der Waals surface area contributed by atoms with E-state index in [0.717, 1.165) is 0 Å². The summed E-state index contributed by atoms with van der Waals surface area (Å²) in [5.74, 6) is -1.06. The summed E-state index contributed by atoms with van der Waals surface area (Å²) < 4.78 is 0. The van der Waals surface area contributed by atoms with Crippen molar-refractivity contribution in [1.82, 2.24) is 10.2 Å². The van der Waals surface area contributed by atoms with Gasteiger partial charge in [0, 0.05) is 6.20 Å². The molecule has 0 amide bonds. The first-order valence-electron chi connectivity index (χ1n) is 3.15. The van der Waals surface area contributed by atoms with E-state index in [9.17, 15) is 4.79 Å². The molecule has 64 valence electrons. The van der Waals surface area contributed by atoms with Gasteiger partial charge in [0.05, 0.1) is 11.9 Å². The maximum Gasteiger partial charge on any atom is 0.344 e. The number of oxime groups is 1. The molecule has 0 saturated heterocycles. The number of nitrogens with one attached hydrogen (secondary N) is 1. The number of H-pyrrole nitrogens is 1. The molecule has 6 nitrogen and oxygen atoms in total. The quantitative estimate of drug-likeness (QED) is 0.484. The zero-order valence-corrected chi connectivity index (χ0v) is 6.10. The molecule has 0 fully saturated rings. The van der Waals surface area contributed by atoms with Gasteiger partial charge in [0.2, 0.25) is 6.61 Å². The van der Waals surface area contributed by atoms with Crippen LogP contribution in [0.25, 0.3) is 0 Å². The Morgan fingerprint density at radius 3 is 3.33 bits per heavy atom. The van der Waals surface area contributed by atoms with Gasteiger partial charge in [0.25, 0.3) is 0 Å². The monoisotopic (exact) mass is 169 g/mol. The van der Waals surface area contributed by atoms with Crippen molar-refractivity contribution in [3.05, 3.63) is 18.0 Å². The first kappa shape index (κ1) is 8.25. The lowest BCUT2D eigenvalue weighted by Crippen LogP contribution is -2.03. The number of nitrogens with zero attached hydrogens (tertiary/aromatic N) is 2. The highest BCUT2D eigenvalue weighted by Crippen LogP contribution is 1.85. The van der Waals surface area contributed by atoms with E-state index in [1.165, 1.54) is 6.21 Å². The lowest BCUT2D eigenvalue weighted by atomic mass is 10.5.